The second-order valence-electron chi connectivity index (χ2n) is 5.95. The average molecular weight is 377 g/mol. The minimum atomic E-state index is 0.189. The zero-order chi connectivity index (χ0) is 21.5. The highest BCUT2D eigenvalue weighted by molar-refractivity contribution is 5.81. The summed E-state index contributed by atoms with van der Waals surface area (Å²) in [5, 5.41) is 0. The van der Waals surface area contributed by atoms with E-state index in [0.29, 0.717) is 5.78 Å². The Hall–Kier alpha value is -1.63. The summed E-state index contributed by atoms with van der Waals surface area (Å²) < 4.78 is 0. The molecule has 3 heteroatoms. The van der Waals surface area contributed by atoms with Crippen LogP contribution in [0.15, 0.2) is 30.3 Å². The third kappa shape index (κ3) is 16.3. The second kappa shape index (κ2) is 24.4. The molecule has 1 aromatic rings. The SMILES string of the molecule is C#C.CC.CC(=O)[C@H]1CCCCN1CCCc1ccccc1.CCC.CN. The molecule has 0 aliphatic carbocycles. The largest absolute Gasteiger partial charge is 0.333 e. The van der Waals surface area contributed by atoms with Crippen LogP contribution in [0.1, 0.15) is 72.3 Å². The molecule has 0 unspecified atom stereocenters. The molecule has 0 amide bonds. The molecule has 2 N–H and O–H groups in total. The topological polar surface area (TPSA) is 46.3 Å². The first-order valence-electron chi connectivity index (χ1n) is 10.4. The number of nitrogens with two attached hydrogens (primary N) is 1. The lowest BCUT2D eigenvalue weighted by atomic mass is 9.98. The highest BCUT2D eigenvalue weighted by atomic mass is 16.1. The van der Waals surface area contributed by atoms with Gasteiger partial charge in [0, 0.05) is 0 Å². The maximum absolute atomic E-state index is 11.6. The van der Waals surface area contributed by atoms with Crippen molar-refractivity contribution in [2.24, 2.45) is 5.73 Å². The number of ketones is 1. The number of hydrogen-bond donors (Lipinski definition) is 1. The third-order valence-corrected chi connectivity index (χ3v) is 3.84. The Bertz CT molecular complexity index is 429. The van der Waals surface area contributed by atoms with Crippen LogP contribution in [0.5, 0.6) is 0 Å². The van der Waals surface area contributed by atoms with E-state index < -0.39 is 0 Å². The first-order valence-corrected chi connectivity index (χ1v) is 10.4. The van der Waals surface area contributed by atoms with Gasteiger partial charge in [-0.05, 0) is 58.3 Å². The van der Waals surface area contributed by atoms with Crippen LogP contribution in [-0.4, -0.2) is 36.9 Å². The van der Waals surface area contributed by atoms with Crippen molar-refractivity contribution in [3.8, 4) is 12.8 Å². The molecular formula is C24H44N2O. The molecule has 0 bridgehead atoms. The van der Waals surface area contributed by atoms with E-state index in [4.69, 9.17) is 0 Å². The molecular weight excluding hydrogens is 332 g/mol. The Morgan fingerprint density at radius 2 is 1.63 bits per heavy atom. The van der Waals surface area contributed by atoms with Gasteiger partial charge in [0.2, 0.25) is 0 Å². The number of hydrogen-bond acceptors (Lipinski definition) is 3. The van der Waals surface area contributed by atoms with Crippen molar-refractivity contribution in [2.75, 3.05) is 20.1 Å². The van der Waals surface area contributed by atoms with Gasteiger partial charge in [-0.15, -0.1) is 12.8 Å². The Morgan fingerprint density at radius 1 is 1.11 bits per heavy atom. The molecule has 1 aliphatic heterocycles. The van der Waals surface area contributed by atoms with Crippen molar-refractivity contribution in [3.05, 3.63) is 35.9 Å². The van der Waals surface area contributed by atoms with Gasteiger partial charge in [-0.1, -0.05) is 70.9 Å². The minimum Gasteiger partial charge on any atom is -0.333 e. The quantitative estimate of drug-likeness (QED) is 0.707. The highest BCUT2D eigenvalue weighted by Crippen LogP contribution is 2.18. The van der Waals surface area contributed by atoms with Gasteiger partial charge in [0.15, 0.2) is 0 Å². The number of nitrogens with zero attached hydrogens (tertiary/aromatic N) is 1. The van der Waals surface area contributed by atoms with Gasteiger partial charge >= 0.3 is 0 Å². The molecule has 1 aromatic carbocycles. The molecule has 1 fully saturated rings. The van der Waals surface area contributed by atoms with Crippen LogP contribution >= 0.6 is 0 Å². The van der Waals surface area contributed by atoms with Crippen molar-refractivity contribution in [3.63, 3.8) is 0 Å². The van der Waals surface area contributed by atoms with Crippen LogP contribution in [0.2, 0.25) is 0 Å². The van der Waals surface area contributed by atoms with E-state index in [1.807, 2.05) is 13.8 Å². The van der Waals surface area contributed by atoms with E-state index in [0.717, 1.165) is 32.4 Å². The Labute approximate surface area is 169 Å². The lowest BCUT2D eigenvalue weighted by Gasteiger charge is -2.34. The summed E-state index contributed by atoms with van der Waals surface area (Å²) in [6.45, 7) is 12.1. The maximum Gasteiger partial charge on any atom is 0.146 e. The van der Waals surface area contributed by atoms with Crippen LogP contribution in [0.4, 0.5) is 0 Å². The molecule has 1 aliphatic rings. The summed E-state index contributed by atoms with van der Waals surface area (Å²) in [6.07, 6.45) is 15.0. The number of Topliss-reactive ketones (excluding diaryl/α,β-unsaturated/α-hetero) is 1. The van der Waals surface area contributed by atoms with Gasteiger partial charge in [0.25, 0.3) is 0 Å². The van der Waals surface area contributed by atoms with Gasteiger partial charge in [0.05, 0.1) is 6.04 Å². The fourth-order valence-electron chi connectivity index (χ4n) is 2.85. The van der Waals surface area contributed by atoms with Gasteiger partial charge in [-0.3, -0.25) is 9.69 Å². The monoisotopic (exact) mass is 376 g/mol. The predicted molar refractivity (Wildman–Crippen MR) is 122 cm³/mol. The Morgan fingerprint density at radius 3 is 2.11 bits per heavy atom. The molecule has 3 nitrogen and oxygen atoms in total. The normalized spacial score (nSPS) is 15.1. The van der Waals surface area contributed by atoms with E-state index in [2.05, 4.69) is 67.7 Å². The number of benzene rings is 1. The van der Waals surface area contributed by atoms with Crippen LogP contribution in [-0.2, 0) is 11.2 Å². The number of rotatable bonds is 5. The van der Waals surface area contributed by atoms with Crippen LogP contribution in [0.25, 0.3) is 0 Å². The summed E-state index contributed by atoms with van der Waals surface area (Å²) in [5.74, 6) is 0.342. The van der Waals surface area contributed by atoms with E-state index in [-0.39, 0.29) is 6.04 Å². The molecule has 0 spiro atoms. The summed E-state index contributed by atoms with van der Waals surface area (Å²) in [7, 11) is 1.50. The van der Waals surface area contributed by atoms with Gasteiger partial charge in [0.1, 0.15) is 5.78 Å². The molecule has 0 radical (unpaired) electrons. The van der Waals surface area contributed by atoms with E-state index in [1.54, 1.807) is 6.92 Å². The molecule has 156 valence electrons. The van der Waals surface area contributed by atoms with Crippen molar-refractivity contribution in [1.82, 2.24) is 4.90 Å². The van der Waals surface area contributed by atoms with E-state index in [9.17, 15) is 4.79 Å². The second-order valence-corrected chi connectivity index (χ2v) is 5.95. The van der Waals surface area contributed by atoms with Crippen molar-refractivity contribution >= 4 is 5.78 Å². The highest BCUT2D eigenvalue weighted by Gasteiger charge is 2.25. The molecule has 27 heavy (non-hydrogen) atoms. The average Bonchev–Trinajstić information content (AvgIpc) is 2.74. The first-order chi connectivity index (χ1) is 13.2. The predicted octanol–water partition coefficient (Wildman–Crippen LogP) is 5.33. The Kier molecular flexibility index (Phi) is 27.2. The zero-order valence-corrected chi connectivity index (χ0v) is 18.7. The molecule has 2 rings (SSSR count). The van der Waals surface area contributed by atoms with E-state index in [1.165, 1.54) is 31.9 Å². The number of aryl methyl sites for hydroxylation is 1. The van der Waals surface area contributed by atoms with Crippen molar-refractivity contribution < 1.29 is 4.79 Å². The fourth-order valence-corrected chi connectivity index (χ4v) is 2.85. The van der Waals surface area contributed by atoms with Gasteiger partial charge in [-0.2, -0.15) is 0 Å². The van der Waals surface area contributed by atoms with Crippen LogP contribution < -0.4 is 5.73 Å². The third-order valence-electron chi connectivity index (χ3n) is 3.84. The van der Waals surface area contributed by atoms with Crippen LogP contribution in [0, 0.1) is 12.8 Å². The molecule has 0 saturated carbocycles. The smallest absolute Gasteiger partial charge is 0.146 e. The number of likely N-dealkylation sites (tertiary alicyclic amines) is 1. The fraction of sp³-hybridized carbons (Fsp3) is 0.625. The molecule has 0 aromatic heterocycles. The number of carbonyl (C=O) groups is 1. The molecule has 1 atom stereocenters. The van der Waals surface area contributed by atoms with Crippen LogP contribution in [0.3, 0.4) is 0 Å². The standard InChI is InChI=1S/C16H23NO.C3H8.C2H6.C2H2.CH5N/c1-14(18)16-11-5-6-12-17(16)13-7-10-15-8-3-2-4-9-15;1-3-2;3*1-2/h2-4,8-9,16H,5-7,10-13H2,1H3;3H2,1-2H3;1-2H3;1-2H;2H2,1H3/t16-;;;;/m1..../s1. The number of terminal acetylenes is 1. The van der Waals surface area contributed by atoms with E-state index >= 15 is 0 Å². The summed E-state index contributed by atoms with van der Waals surface area (Å²) in [5.41, 5.74) is 5.90. The summed E-state index contributed by atoms with van der Waals surface area (Å²) in [6, 6.07) is 10.8. The molecule has 1 saturated heterocycles. The van der Waals surface area contributed by atoms with Gasteiger partial charge < -0.3 is 5.73 Å². The molecule has 1 heterocycles. The lowest BCUT2D eigenvalue weighted by molar-refractivity contribution is -0.123. The van der Waals surface area contributed by atoms with Gasteiger partial charge in [-0.25, -0.2) is 0 Å². The minimum absolute atomic E-state index is 0.189. The lowest BCUT2D eigenvalue weighted by Crippen LogP contribution is -2.44. The Balaban J connectivity index is -0.000000555. The zero-order valence-electron chi connectivity index (χ0n) is 18.7. The van der Waals surface area contributed by atoms with Crippen molar-refractivity contribution in [2.45, 2.75) is 79.2 Å². The summed E-state index contributed by atoms with van der Waals surface area (Å²) >= 11 is 0. The number of piperidine rings is 1. The summed E-state index contributed by atoms with van der Waals surface area (Å²) in [4.78, 5) is 14.0. The van der Waals surface area contributed by atoms with Crippen molar-refractivity contribution in [1.29, 1.82) is 0 Å². The maximum atomic E-state index is 11.6. The number of carbonyl (C=O) groups excluding carboxylic acids is 1. The first kappa shape index (κ1) is 30.1.